The highest BCUT2D eigenvalue weighted by atomic mass is 35.5. The number of nitrogens with zero attached hydrogens (tertiary/aromatic N) is 3. The van der Waals surface area contributed by atoms with Gasteiger partial charge in [-0.2, -0.15) is 5.10 Å². The molecule has 0 saturated heterocycles. The van der Waals surface area contributed by atoms with Gasteiger partial charge in [-0.25, -0.2) is 14.1 Å². The zero-order valence-electron chi connectivity index (χ0n) is 9.56. The molecule has 5 heteroatoms. The standard InChI is InChI=1S/C13H9ClFN3/c1-8-2-3-16-13-12(8)7-17-18(13)11-5-9(14)4-10(15)6-11/h2-7H,1H3. The number of rotatable bonds is 1. The number of benzene rings is 1. The van der Waals surface area contributed by atoms with Crippen molar-refractivity contribution in [3.63, 3.8) is 0 Å². The fourth-order valence-electron chi connectivity index (χ4n) is 1.90. The molecule has 0 bridgehead atoms. The Morgan fingerprint density at radius 3 is 2.89 bits per heavy atom. The van der Waals surface area contributed by atoms with Gasteiger partial charge in [0.25, 0.3) is 0 Å². The van der Waals surface area contributed by atoms with Gasteiger partial charge in [0.2, 0.25) is 0 Å². The second kappa shape index (κ2) is 4.07. The lowest BCUT2D eigenvalue weighted by atomic mass is 10.2. The Bertz CT molecular complexity index is 716. The van der Waals surface area contributed by atoms with Crippen LogP contribution in [0.4, 0.5) is 4.39 Å². The van der Waals surface area contributed by atoms with Crippen molar-refractivity contribution in [2.45, 2.75) is 6.92 Å². The molecule has 3 nitrogen and oxygen atoms in total. The van der Waals surface area contributed by atoms with E-state index in [4.69, 9.17) is 11.6 Å². The third-order valence-electron chi connectivity index (χ3n) is 2.78. The summed E-state index contributed by atoms with van der Waals surface area (Å²) in [7, 11) is 0. The number of pyridine rings is 1. The molecule has 0 fully saturated rings. The monoisotopic (exact) mass is 261 g/mol. The predicted molar refractivity (Wildman–Crippen MR) is 68.6 cm³/mol. The molecule has 0 aliphatic heterocycles. The molecule has 0 radical (unpaired) electrons. The summed E-state index contributed by atoms with van der Waals surface area (Å²) in [5, 5.41) is 5.51. The van der Waals surface area contributed by atoms with Crippen LogP contribution in [0.25, 0.3) is 16.7 Å². The van der Waals surface area contributed by atoms with Gasteiger partial charge < -0.3 is 0 Å². The molecule has 1 aromatic carbocycles. The summed E-state index contributed by atoms with van der Waals surface area (Å²) in [6.07, 6.45) is 3.42. The molecule has 0 unspecified atom stereocenters. The van der Waals surface area contributed by atoms with E-state index in [1.54, 1.807) is 23.1 Å². The molecule has 0 atom stereocenters. The zero-order valence-corrected chi connectivity index (χ0v) is 10.3. The topological polar surface area (TPSA) is 30.7 Å². The molecular formula is C13H9ClFN3. The first-order valence-corrected chi connectivity index (χ1v) is 5.79. The van der Waals surface area contributed by atoms with Gasteiger partial charge in [-0.05, 0) is 36.8 Å². The number of hydrogen-bond donors (Lipinski definition) is 0. The van der Waals surface area contributed by atoms with Crippen LogP contribution in [0, 0.1) is 12.7 Å². The highest BCUT2D eigenvalue weighted by Gasteiger charge is 2.09. The Hall–Kier alpha value is -1.94. The van der Waals surface area contributed by atoms with E-state index in [9.17, 15) is 4.39 Å². The summed E-state index contributed by atoms with van der Waals surface area (Å²) in [5.74, 6) is -0.395. The Balaban J connectivity index is 2.29. The van der Waals surface area contributed by atoms with Crippen molar-refractivity contribution in [2.24, 2.45) is 0 Å². The summed E-state index contributed by atoms with van der Waals surface area (Å²) in [5.41, 5.74) is 2.33. The summed E-state index contributed by atoms with van der Waals surface area (Å²) >= 11 is 5.85. The molecule has 0 aliphatic carbocycles. The van der Waals surface area contributed by atoms with Crippen molar-refractivity contribution in [3.8, 4) is 5.69 Å². The van der Waals surface area contributed by atoms with Gasteiger partial charge in [0.05, 0.1) is 11.9 Å². The maximum atomic E-state index is 13.4. The van der Waals surface area contributed by atoms with Crippen LogP contribution in [0.5, 0.6) is 0 Å². The SMILES string of the molecule is Cc1ccnc2c1cnn2-c1cc(F)cc(Cl)c1. The van der Waals surface area contributed by atoms with Gasteiger partial charge in [-0.3, -0.25) is 0 Å². The lowest BCUT2D eigenvalue weighted by Crippen LogP contribution is -1.98. The van der Waals surface area contributed by atoms with E-state index >= 15 is 0 Å². The summed E-state index contributed by atoms with van der Waals surface area (Å²) in [6, 6.07) is 6.20. The average molecular weight is 262 g/mol. The van der Waals surface area contributed by atoms with Crippen LogP contribution in [-0.4, -0.2) is 14.8 Å². The largest absolute Gasteiger partial charge is 0.237 e. The van der Waals surface area contributed by atoms with Gasteiger partial charge in [-0.1, -0.05) is 11.6 Å². The van der Waals surface area contributed by atoms with Crippen LogP contribution in [0.1, 0.15) is 5.56 Å². The van der Waals surface area contributed by atoms with Crippen LogP contribution >= 0.6 is 11.6 Å². The third kappa shape index (κ3) is 1.75. The molecule has 3 aromatic rings. The van der Waals surface area contributed by atoms with Gasteiger partial charge in [-0.15, -0.1) is 0 Å². The number of aryl methyl sites for hydroxylation is 1. The summed E-state index contributed by atoms with van der Waals surface area (Å²) < 4.78 is 14.9. The second-order valence-corrected chi connectivity index (χ2v) is 4.49. The minimum atomic E-state index is -0.395. The average Bonchev–Trinajstić information content (AvgIpc) is 2.73. The van der Waals surface area contributed by atoms with Crippen molar-refractivity contribution in [1.29, 1.82) is 0 Å². The predicted octanol–water partition coefficient (Wildman–Crippen LogP) is 3.52. The second-order valence-electron chi connectivity index (χ2n) is 4.05. The number of halogens is 2. The molecule has 0 aliphatic rings. The first-order chi connectivity index (χ1) is 8.65. The van der Waals surface area contributed by atoms with Crippen molar-refractivity contribution >= 4 is 22.6 Å². The van der Waals surface area contributed by atoms with Crippen LogP contribution in [0.3, 0.4) is 0 Å². The maximum absolute atomic E-state index is 13.4. The van der Waals surface area contributed by atoms with E-state index in [-0.39, 0.29) is 0 Å². The smallest absolute Gasteiger partial charge is 0.163 e. The molecule has 3 rings (SSSR count). The zero-order chi connectivity index (χ0) is 12.7. The molecule has 0 amide bonds. The normalized spacial score (nSPS) is 11.1. The van der Waals surface area contributed by atoms with Gasteiger partial charge in [0.1, 0.15) is 5.82 Å². The Morgan fingerprint density at radius 1 is 1.28 bits per heavy atom. The fraction of sp³-hybridized carbons (Fsp3) is 0.0769. The van der Waals surface area contributed by atoms with Crippen LogP contribution in [0.15, 0.2) is 36.7 Å². The first kappa shape index (κ1) is 11.2. The van der Waals surface area contributed by atoms with E-state index < -0.39 is 5.82 Å². The molecule has 2 heterocycles. The highest BCUT2D eigenvalue weighted by molar-refractivity contribution is 6.30. The van der Waals surface area contributed by atoms with Gasteiger partial charge in [0.15, 0.2) is 5.65 Å². The Kier molecular flexibility index (Phi) is 2.52. The maximum Gasteiger partial charge on any atom is 0.163 e. The van der Waals surface area contributed by atoms with Crippen molar-refractivity contribution in [1.82, 2.24) is 14.8 Å². The minimum Gasteiger partial charge on any atom is -0.237 e. The van der Waals surface area contributed by atoms with Crippen molar-refractivity contribution < 1.29 is 4.39 Å². The quantitative estimate of drug-likeness (QED) is 0.671. The van der Waals surface area contributed by atoms with E-state index in [0.717, 1.165) is 10.9 Å². The summed E-state index contributed by atoms with van der Waals surface area (Å²) in [6.45, 7) is 1.98. The molecule has 18 heavy (non-hydrogen) atoms. The van der Waals surface area contributed by atoms with Crippen molar-refractivity contribution in [2.75, 3.05) is 0 Å². The Morgan fingerprint density at radius 2 is 2.11 bits per heavy atom. The highest BCUT2D eigenvalue weighted by Crippen LogP contribution is 2.22. The van der Waals surface area contributed by atoms with E-state index in [2.05, 4.69) is 10.1 Å². The molecule has 0 saturated carbocycles. The van der Waals surface area contributed by atoms with Crippen LogP contribution in [0.2, 0.25) is 5.02 Å². The Labute approximate surface area is 108 Å². The van der Waals surface area contributed by atoms with Crippen LogP contribution < -0.4 is 0 Å². The van der Waals surface area contributed by atoms with Crippen molar-refractivity contribution in [3.05, 3.63) is 53.1 Å². The van der Waals surface area contributed by atoms with Gasteiger partial charge in [0, 0.05) is 16.6 Å². The molecule has 2 aromatic heterocycles. The summed E-state index contributed by atoms with van der Waals surface area (Å²) in [4.78, 5) is 4.27. The number of fused-ring (bicyclic) bond motifs is 1. The third-order valence-corrected chi connectivity index (χ3v) is 3.00. The molecule has 0 spiro atoms. The van der Waals surface area contributed by atoms with Gasteiger partial charge >= 0.3 is 0 Å². The first-order valence-electron chi connectivity index (χ1n) is 5.41. The molecule has 0 N–H and O–H groups in total. The minimum absolute atomic E-state index is 0.335. The lowest BCUT2D eigenvalue weighted by molar-refractivity contribution is 0.626. The van der Waals surface area contributed by atoms with Crippen LogP contribution in [-0.2, 0) is 0 Å². The van der Waals surface area contributed by atoms with E-state index in [1.807, 2.05) is 13.0 Å². The van der Waals surface area contributed by atoms with E-state index in [1.165, 1.54) is 12.1 Å². The number of hydrogen-bond acceptors (Lipinski definition) is 2. The molecule has 90 valence electrons. The molecular weight excluding hydrogens is 253 g/mol. The fourth-order valence-corrected chi connectivity index (χ4v) is 2.12. The van der Waals surface area contributed by atoms with E-state index in [0.29, 0.717) is 16.4 Å². The lowest BCUT2D eigenvalue weighted by Gasteiger charge is -2.04. The number of aromatic nitrogens is 3.